The van der Waals surface area contributed by atoms with E-state index in [2.05, 4.69) is 0 Å². The molecule has 1 aliphatic carbocycles. The van der Waals surface area contributed by atoms with E-state index in [0.717, 1.165) is 25.7 Å². The maximum absolute atomic E-state index is 11.0. The Kier molecular flexibility index (Phi) is 3.20. The second kappa shape index (κ2) is 3.97. The van der Waals surface area contributed by atoms with Crippen molar-refractivity contribution in [2.45, 2.75) is 32.1 Å². The fraction of sp³-hybridized carbons (Fsp3) is 0.875. The predicted molar refractivity (Wildman–Crippen MR) is 42.3 cm³/mol. The normalized spacial score (nSPS) is 28.1. The zero-order valence-corrected chi connectivity index (χ0v) is 6.86. The van der Waals surface area contributed by atoms with Gasteiger partial charge in [-0.05, 0) is 18.8 Å². The van der Waals surface area contributed by atoms with Gasteiger partial charge in [-0.15, -0.1) is 11.6 Å². The molecule has 1 saturated carbocycles. The molecule has 0 spiro atoms. The Morgan fingerprint density at radius 1 is 1.50 bits per heavy atom. The third kappa shape index (κ3) is 2.30. The maximum Gasteiger partial charge on any atom is 0.133 e. The Labute approximate surface area is 66.8 Å². The minimum Gasteiger partial charge on any atom is -0.300 e. The summed E-state index contributed by atoms with van der Waals surface area (Å²) < 4.78 is 0. The molecule has 1 fully saturated rings. The number of rotatable bonds is 1. The minimum atomic E-state index is 0.406. The van der Waals surface area contributed by atoms with Crippen LogP contribution in [-0.4, -0.2) is 11.7 Å². The van der Waals surface area contributed by atoms with Crippen molar-refractivity contribution in [3.05, 3.63) is 0 Å². The van der Waals surface area contributed by atoms with Crippen LogP contribution in [0.4, 0.5) is 0 Å². The van der Waals surface area contributed by atoms with Crippen molar-refractivity contribution < 1.29 is 4.79 Å². The first kappa shape index (κ1) is 8.06. The van der Waals surface area contributed by atoms with E-state index in [4.69, 9.17) is 11.6 Å². The van der Waals surface area contributed by atoms with Gasteiger partial charge >= 0.3 is 0 Å². The number of ketones is 1. The average molecular weight is 161 g/mol. The Morgan fingerprint density at radius 2 is 2.30 bits per heavy atom. The Balaban J connectivity index is 2.38. The summed E-state index contributed by atoms with van der Waals surface area (Å²) in [7, 11) is 0. The molecule has 1 nitrogen and oxygen atoms in total. The third-order valence-electron chi connectivity index (χ3n) is 2.05. The summed E-state index contributed by atoms with van der Waals surface area (Å²) in [6.45, 7) is 0. The standard InChI is InChI=1S/C8H13ClO/c9-6-7-3-1-2-4-8(10)5-7/h7H,1-6H2. The fourth-order valence-electron chi connectivity index (χ4n) is 1.41. The molecule has 0 saturated heterocycles. The van der Waals surface area contributed by atoms with Crippen LogP contribution in [0.3, 0.4) is 0 Å². The molecular weight excluding hydrogens is 148 g/mol. The highest BCUT2D eigenvalue weighted by atomic mass is 35.5. The maximum atomic E-state index is 11.0. The van der Waals surface area contributed by atoms with Gasteiger partial charge in [-0.3, -0.25) is 4.79 Å². The molecule has 1 rings (SSSR count). The largest absolute Gasteiger partial charge is 0.300 e. The Hall–Kier alpha value is -0.0400. The second-order valence-electron chi connectivity index (χ2n) is 3.01. The average Bonchev–Trinajstić information content (AvgIpc) is 2.13. The zero-order chi connectivity index (χ0) is 7.40. The van der Waals surface area contributed by atoms with E-state index in [9.17, 15) is 4.79 Å². The SMILES string of the molecule is O=C1CCCCC(CCl)C1. The lowest BCUT2D eigenvalue weighted by Gasteiger charge is -2.06. The highest BCUT2D eigenvalue weighted by Crippen LogP contribution is 2.21. The van der Waals surface area contributed by atoms with Crippen molar-refractivity contribution in [1.29, 1.82) is 0 Å². The van der Waals surface area contributed by atoms with Gasteiger partial charge in [-0.2, -0.15) is 0 Å². The molecule has 0 aliphatic heterocycles. The zero-order valence-electron chi connectivity index (χ0n) is 6.11. The van der Waals surface area contributed by atoms with Gasteiger partial charge in [-0.25, -0.2) is 0 Å². The molecule has 2 heteroatoms. The lowest BCUT2D eigenvalue weighted by molar-refractivity contribution is -0.119. The van der Waals surface area contributed by atoms with Crippen molar-refractivity contribution in [3.8, 4) is 0 Å². The van der Waals surface area contributed by atoms with Crippen LogP contribution in [0.25, 0.3) is 0 Å². The second-order valence-corrected chi connectivity index (χ2v) is 3.32. The van der Waals surface area contributed by atoms with Crippen LogP contribution < -0.4 is 0 Å². The van der Waals surface area contributed by atoms with E-state index in [-0.39, 0.29) is 0 Å². The molecule has 0 radical (unpaired) electrons. The van der Waals surface area contributed by atoms with Gasteiger partial charge in [0.1, 0.15) is 5.78 Å². The first-order valence-electron chi connectivity index (χ1n) is 3.90. The van der Waals surface area contributed by atoms with Crippen molar-refractivity contribution in [3.63, 3.8) is 0 Å². The summed E-state index contributed by atoms with van der Waals surface area (Å²) in [4.78, 5) is 11.0. The summed E-state index contributed by atoms with van der Waals surface area (Å²) in [5.41, 5.74) is 0. The highest BCUT2D eigenvalue weighted by Gasteiger charge is 2.15. The van der Waals surface area contributed by atoms with E-state index >= 15 is 0 Å². The number of alkyl halides is 1. The van der Waals surface area contributed by atoms with E-state index in [1.165, 1.54) is 6.42 Å². The van der Waals surface area contributed by atoms with Gasteiger partial charge in [0.25, 0.3) is 0 Å². The molecule has 58 valence electrons. The van der Waals surface area contributed by atoms with Crippen LogP contribution in [0.2, 0.25) is 0 Å². The molecule has 1 unspecified atom stereocenters. The highest BCUT2D eigenvalue weighted by molar-refractivity contribution is 6.18. The first-order chi connectivity index (χ1) is 4.83. The lowest BCUT2D eigenvalue weighted by Crippen LogP contribution is -2.05. The number of hydrogen-bond donors (Lipinski definition) is 0. The summed E-state index contributed by atoms with van der Waals surface area (Å²) >= 11 is 5.67. The predicted octanol–water partition coefficient (Wildman–Crippen LogP) is 2.37. The van der Waals surface area contributed by atoms with Crippen molar-refractivity contribution in [2.24, 2.45) is 5.92 Å². The van der Waals surface area contributed by atoms with Crippen molar-refractivity contribution in [1.82, 2.24) is 0 Å². The minimum absolute atomic E-state index is 0.406. The summed E-state index contributed by atoms with van der Waals surface area (Å²) in [5.74, 6) is 1.53. The van der Waals surface area contributed by atoms with Crippen LogP contribution in [0.15, 0.2) is 0 Å². The van der Waals surface area contributed by atoms with E-state index in [1.807, 2.05) is 0 Å². The van der Waals surface area contributed by atoms with Crippen LogP contribution >= 0.6 is 11.6 Å². The number of carbonyl (C=O) groups is 1. The summed E-state index contributed by atoms with van der Waals surface area (Å²) in [5, 5.41) is 0. The first-order valence-corrected chi connectivity index (χ1v) is 4.44. The summed E-state index contributed by atoms with van der Waals surface area (Å²) in [6.07, 6.45) is 4.92. The lowest BCUT2D eigenvalue weighted by atomic mass is 10.0. The Morgan fingerprint density at radius 3 is 3.00 bits per heavy atom. The molecule has 0 heterocycles. The van der Waals surface area contributed by atoms with Gasteiger partial charge in [0.05, 0.1) is 0 Å². The molecule has 0 amide bonds. The van der Waals surface area contributed by atoms with Crippen LogP contribution in [0.1, 0.15) is 32.1 Å². The monoisotopic (exact) mass is 160 g/mol. The molecule has 0 bridgehead atoms. The van der Waals surface area contributed by atoms with Gasteiger partial charge in [0.2, 0.25) is 0 Å². The van der Waals surface area contributed by atoms with Gasteiger partial charge in [-0.1, -0.05) is 6.42 Å². The number of hydrogen-bond acceptors (Lipinski definition) is 1. The molecule has 0 aromatic heterocycles. The van der Waals surface area contributed by atoms with Crippen LogP contribution in [0, 0.1) is 5.92 Å². The van der Waals surface area contributed by atoms with E-state index in [0.29, 0.717) is 17.6 Å². The van der Waals surface area contributed by atoms with Crippen molar-refractivity contribution in [2.75, 3.05) is 5.88 Å². The van der Waals surface area contributed by atoms with Crippen LogP contribution in [-0.2, 0) is 4.79 Å². The van der Waals surface area contributed by atoms with Gasteiger partial charge in [0.15, 0.2) is 0 Å². The topological polar surface area (TPSA) is 17.1 Å². The molecule has 0 N–H and O–H groups in total. The molecule has 1 aliphatic rings. The van der Waals surface area contributed by atoms with Crippen molar-refractivity contribution >= 4 is 17.4 Å². The molecule has 0 aromatic rings. The Bertz CT molecular complexity index is 122. The smallest absolute Gasteiger partial charge is 0.133 e. The third-order valence-corrected chi connectivity index (χ3v) is 2.49. The number of halogens is 1. The fourth-order valence-corrected chi connectivity index (χ4v) is 1.68. The molecule has 10 heavy (non-hydrogen) atoms. The quantitative estimate of drug-likeness (QED) is 0.425. The summed E-state index contributed by atoms with van der Waals surface area (Å²) in [6, 6.07) is 0. The number of carbonyl (C=O) groups excluding carboxylic acids is 1. The van der Waals surface area contributed by atoms with E-state index < -0.39 is 0 Å². The molecule has 0 aromatic carbocycles. The molecular formula is C8H13ClO. The van der Waals surface area contributed by atoms with Crippen LogP contribution in [0.5, 0.6) is 0 Å². The number of Topliss-reactive ketones (excluding diaryl/α,β-unsaturated/α-hetero) is 1. The van der Waals surface area contributed by atoms with Gasteiger partial charge in [0, 0.05) is 18.7 Å². The van der Waals surface area contributed by atoms with E-state index in [1.54, 1.807) is 0 Å². The molecule has 1 atom stereocenters. The van der Waals surface area contributed by atoms with Gasteiger partial charge < -0.3 is 0 Å².